The zero-order valence-electron chi connectivity index (χ0n) is 12.9. The first-order chi connectivity index (χ1) is 11.5. The Labute approximate surface area is 147 Å². The predicted octanol–water partition coefficient (Wildman–Crippen LogP) is 4.69. The van der Waals surface area contributed by atoms with E-state index in [4.69, 9.17) is 26.2 Å². The number of hydrogen-bond donors (Lipinski definition) is 2. The van der Waals surface area contributed by atoms with Gasteiger partial charge < -0.3 is 19.6 Å². The van der Waals surface area contributed by atoms with Crippen LogP contribution in [-0.2, 0) is 0 Å². The quantitative estimate of drug-likeness (QED) is 0.688. The van der Waals surface area contributed by atoms with Crippen molar-refractivity contribution >= 4 is 40.2 Å². The van der Waals surface area contributed by atoms with Crippen LogP contribution in [0.2, 0.25) is 5.02 Å². The molecule has 0 spiro atoms. The number of methoxy groups -OCH3 is 2. The third kappa shape index (κ3) is 3.16. The van der Waals surface area contributed by atoms with Crippen LogP contribution in [0, 0.1) is 0 Å². The van der Waals surface area contributed by atoms with Crippen LogP contribution in [0.4, 0.5) is 0 Å². The number of aromatic carboxylic acids is 1. The maximum Gasteiger partial charge on any atom is 0.352 e. The van der Waals surface area contributed by atoms with Gasteiger partial charge >= 0.3 is 5.97 Å². The number of halogens is 1. The Morgan fingerprint density at radius 2 is 1.88 bits per heavy atom. The number of carboxylic acid groups (broad SMARTS) is 1. The van der Waals surface area contributed by atoms with Crippen molar-refractivity contribution in [3.8, 4) is 11.5 Å². The van der Waals surface area contributed by atoms with E-state index in [0.717, 1.165) is 15.2 Å². The Hall–Kier alpha value is -2.31. The first-order valence-corrected chi connectivity index (χ1v) is 8.16. The lowest BCUT2D eigenvalue weighted by Crippen LogP contribution is -1.94. The minimum atomic E-state index is -1.01. The zero-order valence-corrected chi connectivity index (χ0v) is 14.5. The normalized spacial score (nSPS) is 10.8. The van der Waals surface area contributed by atoms with Crippen molar-refractivity contribution in [1.29, 1.82) is 0 Å². The van der Waals surface area contributed by atoms with E-state index in [2.05, 4.69) is 4.98 Å². The average molecular weight is 364 g/mol. The van der Waals surface area contributed by atoms with Crippen molar-refractivity contribution < 1.29 is 19.4 Å². The molecule has 0 bridgehead atoms. The number of carboxylic acids is 1. The minimum Gasteiger partial charge on any atom is -0.493 e. The molecule has 0 fully saturated rings. The summed E-state index contributed by atoms with van der Waals surface area (Å²) in [6.07, 6.45) is 0. The van der Waals surface area contributed by atoms with Gasteiger partial charge in [-0.3, -0.25) is 0 Å². The summed E-state index contributed by atoms with van der Waals surface area (Å²) >= 11 is 7.63. The van der Waals surface area contributed by atoms with E-state index >= 15 is 0 Å². The summed E-state index contributed by atoms with van der Waals surface area (Å²) in [5.74, 6) is 0.262. The lowest BCUT2D eigenvalue weighted by atomic mass is 10.2. The number of fused-ring (bicyclic) bond motifs is 1. The van der Waals surface area contributed by atoms with Crippen LogP contribution < -0.4 is 9.47 Å². The highest BCUT2D eigenvalue weighted by atomic mass is 35.5. The van der Waals surface area contributed by atoms with Crippen LogP contribution in [0.3, 0.4) is 0 Å². The van der Waals surface area contributed by atoms with Crippen LogP contribution in [0.15, 0.2) is 46.2 Å². The van der Waals surface area contributed by atoms with E-state index in [1.807, 2.05) is 24.3 Å². The van der Waals surface area contributed by atoms with Gasteiger partial charge in [-0.15, -0.1) is 0 Å². The number of rotatable bonds is 5. The minimum absolute atomic E-state index is 0.126. The first kappa shape index (κ1) is 16.5. The van der Waals surface area contributed by atoms with Crippen molar-refractivity contribution in [2.75, 3.05) is 14.2 Å². The second-order valence-corrected chi connectivity index (χ2v) is 6.52. The summed E-state index contributed by atoms with van der Waals surface area (Å²) in [7, 11) is 3.16. The molecule has 0 aliphatic rings. The topological polar surface area (TPSA) is 71.6 Å². The van der Waals surface area contributed by atoms with Gasteiger partial charge in [0.05, 0.1) is 14.2 Å². The molecule has 0 saturated carbocycles. The standard InChI is InChI=1S/C17H14ClNO4S/c1-22-14-4-3-10(7-15(14)23-2)24-16-6-9(18)5-12-11(16)8-13(19-12)17(20)21/h3-8,19H,1-2H3,(H,20,21). The Morgan fingerprint density at radius 3 is 2.54 bits per heavy atom. The fourth-order valence-electron chi connectivity index (χ4n) is 2.38. The van der Waals surface area contributed by atoms with Gasteiger partial charge in [0.1, 0.15) is 5.69 Å². The Bertz CT molecular complexity index is 922. The third-order valence-corrected chi connectivity index (χ3v) is 4.74. The van der Waals surface area contributed by atoms with Crippen LogP contribution >= 0.6 is 23.4 Å². The Balaban J connectivity index is 2.05. The Kier molecular flexibility index (Phi) is 4.59. The summed E-state index contributed by atoms with van der Waals surface area (Å²) in [5.41, 5.74) is 0.810. The molecule has 3 rings (SSSR count). The van der Waals surface area contributed by atoms with Gasteiger partial charge in [-0.2, -0.15) is 0 Å². The second-order valence-electron chi connectivity index (χ2n) is 4.97. The molecule has 7 heteroatoms. The van der Waals surface area contributed by atoms with Gasteiger partial charge in [-0.25, -0.2) is 4.79 Å². The molecule has 2 aromatic carbocycles. The van der Waals surface area contributed by atoms with Gasteiger partial charge in [0.2, 0.25) is 0 Å². The number of ether oxygens (including phenoxy) is 2. The largest absolute Gasteiger partial charge is 0.493 e. The van der Waals surface area contributed by atoms with Crippen molar-refractivity contribution in [3.05, 3.63) is 47.1 Å². The zero-order chi connectivity index (χ0) is 17.3. The molecule has 0 aliphatic carbocycles. The number of hydrogen-bond acceptors (Lipinski definition) is 4. The number of carbonyl (C=O) groups is 1. The molecular weight excluding hydrogens is 350 g/mol. The Morgan fingerprint density at radius 1 is 1.12 bits per heavy atom. The van der Waals surface area contributed by atoms with E-state index in [9.17, 15) is 4.79 Å². The molecule has 1 aromatic heterocycles. The van der Waals surface area contributed by atoms with Gasteiger partial charge in [0.25, 0.3) is 0 Å². The van der Waals surface area contributed by atoms with Crippen molar-refractivity contribution in [1.82, 2.24) is 4.98 Å². The number of aromatic amines is 1. The number of aromatic nitrogens is 1. The van der Waals surface area contributed by atoms with Crippen molar-refractivity contribution in [2.45, 2.75) is 9.79 Å². The van der Waals surface area contributed by atoms with Crippen LogP contribution in [0.25, 0.3) is 10.9 Å². The molecule has 0 saturated heterocycles. The molecule has 0 aliphatic heterocycles. The van der Waals surface area contributed by atoms with Gasteiger partial charge in [0.15, 0.2) is 11.5 Å². The predicted molar refractivity (Wildman–Crippen MR) is 93.9 cm³/mol. The second kappa shape index (κ2) is 6.67. The van der Waals surface area contributed by atoms with Crippen LogP contribution in [-0.4, -0.2) is 30.3 Å². The summed E-state index contributed by atoms with van der Waals surface area (Å²) < 4.78 is 10.5. The van der Waals surface area contributed by atoms with Gasteiger partial charge in [0, 0.05) is 25.7 Å². The highest BCUT2D eigenvalue weighted by Crippen LogP contribution is 2.39. The third-order valence-electron chi connectivity index (χ3n) is 3.48. The SMILES string of the molecule is COc1ccc(Sc2cc(Cl)cc3[nH]c(C(=O)O)cc23)cc1OC. The lowest BCUT2D eigenvalue weighted by Gasteiger charge is -2.10. The summed E-state index contributed by atoms with van der Waals surface area (Å²) in [5, 5.41) is 10.5. The van der Waals surface area contributed by atoms with E-state index < -0.39 is 5.97 Å². The van der Waals surface area contributed by atoms with E-state index in [0.29, 0.717) is 22.0 Å². The molecule has 3 aromatic rings. The molecule has 124 valence electrons. The number of nitrogens with one attached hydrogen (secondary N) is 1. The van der Waals surface area contributed by atoms with Gasteiger partial charge in [-0.05, 0) is 36.4 Å². The molecular formula is C17H14ClNO4S. The number of benzene rings is 2. The smallest absolute Gasteiger partial charge is 0.352 e. The number of H-pyrrole nitrogens is 1. The molecule has 2 N–H and O–H groups in total. The van der Waals surface area contributed by atoms with E-state index in [1.165, 1.54) is 11.8 Å². The molecule has 1 heterocycles. The highest BCUT2D eigenvalue weighted by Gasteiger charge is 2.13. The first-order valence-electron chi connectivity index (χ1n) is 6.97. The van der Waals surface area contributed by atoms with E-state index in [1.54, 1.807) is 26.4 Å². The summed E-state index contributed by atoms with van der Waals surface area (Å²) in [6.45, 7) is 0. The van der Waals surface area contributed by atoms with Crippen LogP contribution in [0.5, 0.6) is 11.5 Å². The fourth-order valence-corrected chi connectivity index (χ4v) is 3.68. The van der Waals surface area contributed by atoms with Crippen LogP contribution in [0.1, 0.15) is 10.5 Å². The maximum atomic E-state index is 11.2. The average Bonchev–Trinajstić information content (AvgIpc) is 2.99. The molecule has 24 heavy (non-hydrogen) atoms. The highest BCUT2D eigenvalue weighted by molar-refractivity contribution is 7.99. The monoisotopic (exact) mass is 363 g/mol. The molecule has 0 radical (unpaired) electrons. The summed E-state index contributed by atoms with van der Waals surface area (Å²) in [6, 6.07) is 10.7. The van der Waals surface area contributed by atoms with Gasteiger partial charge in [-0.1, -0.05) is 23.4 Å². The lowest BCUT2D eigenvalue weighted by molar-refractivity contribution is 0.0691. The van der Waals surface area contributed by atoms with E-state index in [-0.39, 0.29) is 5.69 Å². The fraction of sp³-hybridized carbons (Fsp3) is 0.118. The maximum absolute atomic E-state index is 11.2. The molecule has 0 unspecified atom stereocenters. The van der Waals surface area contributed by atoms with Crippen molar-refractivity contribution in [3.63, 3.8) is 0 Å². The molecule has 5 nitrogen and oxygen atoms in total. The van der Waals surface area contributed by atoms with Crippen molar-refractivity contribution in [2.24, 2.45) is 0 Å². The molecule has 0 atom stereocenters. The molecule has 0 amide bonds. The summed E-state index contributed by atoms with van der Waals surface area (Å²) in [4.78, 5) is 15.8.